The van der Waals surface area contributed by atoms with Gasteiger partial charge >= 0.3 is 6.03 Å². The molecular weight excluding hydrogens is 489 g/mol. The average molecular weight is 514 g/mol. The summed E-state index contributed by atoms with van der Waals surface area (Å²) in [6, 6.07) is 10.8. The van der Waals surface area contributed by atoms with Crippen LogP contribution in [0.15, 0.2) is 84.0 Å². The summed E-state index contributed by atoms with van der Waals surface area (Å²) < 4.78 is 19.3. The molecule has 3 aromatic rings. The number of carbonyl (C=O) groups excluding carboxylic acids is 2. The van der Waals surface area contributed by atoms with E-state index in [-0.39, 0.29) is 29.5 Å². The molecule has 10 nitrogen and oxygen atoms in total. The molecular formula is C27H24FN7O3. The fourth-order valence-electron chi connectivity index (χ4n) is 3.96. The van der Waals surface area contributed by atoms with Gasteiger partial charge in [-0.15, -0.1) is 0 Å². The number of hydrazone groups is 1. The zero-order valence-electron chi connectivity index (χ0n) is 20.6. The van der Waals surface area contributed by atoms with Crippen LogP contribution >= 0.6 is 0 Å². The summed E-state index contributed by atoms with van der Waals surface area (Å²) in [7, 11) is 3.32. The molecule has 0 fully saturated rings. The van der Waals surface area contributed by atoms with Crippen molar-refractivity contribution in [3.63, 3.8) is 0 Å². The van der Waals surface area contributed by atoms with Crippen molar-refractivity contribution >= 4 is 34.6 Å². The van der Waals surface area contributed by atoms with E-state index in [9.17, 15) is 14.0 Å². The monoisotopic (exact) mass is 513 g/mol. The standard InChI is InChI=1S/C27H24FN7O3/c1-35(2)27(37)32-19-11-17(13-29-14-19)16-7-9-22-20(12-16)25(34-33-22)26(36)31-18-8-10-24(30-15-18)38-23-6-4-3-5-21(23)28/h3-11,13-15,20,33H,12H2,1-2H3,(H,31,36)(H,32,37). The number of ether oxygens (including phenoxy) is 1. The summed E-state index contributed by atoms with van der Waals surface area (Å²) in [5.74, 6) is -0.889. The molecule has 2 aliphatic rings. The average Bonchev–Trinajstić information content (AvgIpc) is 3.35. The molecule has 3 N–H and O–H groups in total. The van der Waals surface area contributed by atoms with Crippen molar-refractivity contribution in [1.82, 2.24) is 20.3 Å². The molecule has 1 unspecified atom stereocenters. The number of hydrogen-bond donors (Lipinski definition) is 3. The molecule has 0 radical (unpaired) electrons. The maximum atomic E-state index is 13.8. The Morgan fingerprint density at radius 2 is 1.89 bits per heavy atom. The molecule has 1 aromatic carbocycles. The lowest BCUT2D eigenvalue weighted by Crippen LogP contribution is -2.29. The number of hydrogen-bond acceptors (Lipinski definition) is 7. The SMILES string of the molecule is CN(C)C(=O)Nc1cncc(C2=CC=C3NN=C(C(=O)Nc4ccc(Oc5ccccc5F)nc4)C3C2)c1. The van der Waals surface area contributed by atoms with Crippen molar-refractivity contribution in [2.24, 2.45) is 11.0 Å². The van der Waals surface area contributed by atoms with Crippen LogP contribution in [-0.4, -0.2) is 46.6 Å². The Hall–Kier alpha value is -5.06. The third-order valence-electron chi connectivity index (χ3n) is 5.94. The summed E-state index contributed by atoms with van der Waals surface area (Å²) in [5.41, 5.74) is 6.88. The molecule has 2 aromatic heterocycles. The second-order valence-corrected chi connectivity index (χ2v) is 8.84. The van der Waals surface area contributed by atoms with Crippen molar-refractivity contribution in [3.05, 3.63) is 90.3 Å². The number of para-hydroxylation sites is 1. The first-order valence-electron chi connectivity index (χ1n) is 11.8. The van der Waals surface area contributed by atoms with Gasteiger partial charge in [0.2, 0.25) is 5.88 Å². The number of amides is 3. The zero-order valence-corrected chi connectivity index (χ0v) is 20.6. The first-order valence-corrected chi connectivity index (χ1v) is 11.8. The minimum atomic E-state index is -0.496. The first kappa shape index (κ1) is 24.6. The van der Waals surface area contributed by atoms with Crippen LogP contribution in [0.2, 0.25) is 0 Å². The Labute approximate surface area is 217 Å². The largest absolute Gasteiger partial charge is 0.436 e. The van der Waals surface area contributed by atoms with Gasteiger partial charge in [-0.05, 0) is 47.9 Å². The van der Waals surface area contributed by atoms with Crippen LogP contribution in [0.4, 0.5) is 20.6 Å². The predicted octanol–water partition coefficient (Wildman–Crippen LogP) is 4.39. The fourth-order valence-corrected chi connectivity index (χ4v) is 3.96. The second kappa shape index (κ2) is 10.5. The number of aromatic nitrogens is 2. The van der Waals surface area contributed by atoms with Gasteiger partial charge in [-0.25, -0.2) is 14.2 Å². The topological polar surface area (TPSA) is 121 Å². The summed E-state index contributed by atoms with van der Waals surface area (Å²) in [6.07, 6.45) is 9.07. The Kier molecular flexibility index (Phi) is 6.81. The Morgan fingerprint density at radius 1 is 1.05 bits per heavy atom. The molecule has 3 heterocycles. The van der Waals surface area contributed by atoms with E-state index in [1.807, 2.05) is 18.2 Å². The minimum absolute atomic E-state index is 0.0597. The fraction of sp³-hybridized carbons (Fsp3) is 0.148. The van der Waals surface area contributed by atoms with Gasteiger partial charge in [0.1, 0.15) is 5.71 Å². The highest BCUT2D eigenvalue weighted by molar-refractivity contribution is 6.44. The summed E-state index contributed by atoms with van der Waals surface area (Å²) in [4.78, 5) is 34.9. The van der Waals surface area contributed by atoms with Gasteiger partial charge < -0.3 is 20.3 Å². The van der Waals surface area contributed by atoms with E-state index in [2.05, 4.69) is 31.1 Å². The van der Waals surface area contributed by atoms with E-state index >= 15 is 0 Å². The highest BCUT2D eigenvalue weighted by Gasteiger charge is 2.34. The smallest absolute Gasteiger partial charge is 0.321 e. The molecule has 1 aliphatic heterocycles. The normalized spacial score (nSPS) is 15.8. The van der Waals surface area contributed by atoms with Gasteiger partial charge in [-0.3, -0.25) is 15.2 Å². The number of fused-ring (bicyclic) bond motifs is 1. The van der Waals surface area contributed by atoms with Crippen LogP contribution in [0, 0.1) is 11.7 Å². The number of pyridine rings is 2. The Morgan fingerprint density at radius 3 is 2.66 bits per heavy atom. The molecule has 0 bridgehead atoms. The maximum absolute atomic E-state index is 13.8. The Bertz CT molecular complexity index is 1480. The number of nitrogens with one attached hydrogen (secondary N) is 3. The van der Waals surface area contributed by atoms with Crippen molar-refractivity contribution < 1.29 is 18.7 Å². The molecule has 0 saturated carbocycles. The van der Waals surface area contributed by atoms with E-state index in [1.54, 1.807) is 50.8 Å². The summed E-state index contributed by atoms with van der Waals surface area (Å²) in [6.45, 7) is 0. The van der Waals surface area contributed by atoms with E-state index in [0.717, 1.165) is 16.8 Å². The summed E-state index contributed by atoms with van der Waals surface area (Å²) >= 11 is 0. The number of carbonyl (C=O) groups is 2. The number of urea groups is 1. The number of nitrogens with zero attached hydrogens (tertiary/aromatic N) is 4. The van der Waals surface area contributed by atoms with Crippen LogP contribution in [0.3, 0.4) is 0 Å². The molecule has 1 aliphatic carbocycles. The van der Waals surface area contributed by atoms with Crippen molar-refractivity contribution in [2.75, 3.05) is 24.7 Å². The second-order valence-electron chi connectivity index (χ2n) is 8.84. The van der Waals surface area contributed by atoms with Crippen molar-refractivity contribution in [2.45, 2.75) is 6.42 Å². The summed E-state index contributed by atoms with van der Waals surface area (Å²) in [5, 5.41) is 9.84. The van der Waals surface area contributed by atoms with Gasteiger partial charge in [-0.1, -0.05) is 18.2 Å². The van der Waals surface area contributed by atoms with Crippen molar-refractivity contribution in [3.8, 4) is 11.6 Å². The maximum Gasteiger partial charge on any atom is 0.321 e. The predicted molar refractivity (Wildman–Crippen MR) is 141 cm³/mol. The molecule has 38 heavy (non-hydrogen) atoms. The lowest BCUT2D eigenvalue weighted by Gasteiger charge is -2.20. The van der Waals surface area contributed by atoms with Crippen LogP contribution in [0.5, 0.6) is 11.6 Å². The lowest BCUT2D eigenvalue weighted by atomic mass is 9.85. The van der Waals surface area contributed by atoms with Gasteiger partial charge in [-0.2, -0.15) is 5.10 Å². The van der Waals surface area contributed by atoms with Gasteiger partial charge in [0, 0.05) is 32.1 Å². The van der Waals surface area contributed by atoms with Crippen LogP contribution < -0.4 is 20.8 Å². The Balaban J connectivity index is 1.24. The van der Waals surface area contributed by atoms with E-state index < -0.39 is 5.82 Å². The molecule has 5 rings (SSSR count). The minimum Gasteiger partial charge on any atom is -0.436 e. The number of benzene rings is 1. The molecule has 1 atom stereocenters. The number of allylic oxidation sites excluding steroid dienone is 4. The van der Waals surface area contributed by atoms with E-state index in [0.29, 0.717) is 23.5 Å². The van der Waals surface area contributed by atoms with Gasteiger partial charge in [0.05, 0.1) is 29.7 Å². The van der Waals surface area contributed by atoms with Crippen LogP contribution in [0.1, 0.15) is 12.0 Å². The van der Waals surface area contributed by atoms with Crippen LogP contribution in [0.25, 0.3) is 5.57 Å². The third-order valence-corrected chi connectivity index (χ3v) is 5.94. The van der Waals surface area contributed by atoms with Crippen molar-refractivity contribution in [1.29, 1.82) is 0 Å². The third kappa shape index (κ3) is 5.36. The number of anilines is 2. The molecule has 11 heteroatoms. The highest BCUT2D eigenvalue weighted by atomic mass is 19.1. The van der Waals surface area contributed by atoms with E-state index in [4.69, 9.17) is 4.74 Å². The van der Waals surface area contributed by atoms with Gasteiger partial charge in [0.15, 0.2) is 11.6 Å². The van der Waals surface area contributed by atoms with E-state index in [1.165, 1.54) is 23.2 Å². The van der Waals surface area contributed by atoms with Gasteiger partial charge in [0.25, 0.3) is 5.91 Å². The first-order chi connectivity index (χ1) is 18.4. The lowest BCUT2D eigenvalue weighted by molar-refractivity contribution is -0.110. The molecule has 3 amide bonds. The van der Waals surface area contributed by atoms with Crippen LogP contribution in [-0.2, 0) is 4.79 Å². The molecule has 0 spiro atoms. The molecule has 192 valence electrons. The quantitative estimate of drug-likeness (QED) is 0.450. The number of rotatable bonds is 6. The molecule has 0 saturated heterocycles. The zero-order chi connectivity index (χ0) is 26.6. The highest BCUT2D eigenvalue weighted by Crippen LogP contribution is 2.34. The number of halogens is 1.